The molecule has 0 spiro atoms. The highest BCUT2D eigenvalue weighted by Gasteiger charge is 2.31. The van der Waals surface area contributed by atoms with Crippen LogP contribution in [0.4, 0.5) is 22.0 Å². The summed E-state index contributed by atoms with van der Waals surface area (Å²) in [5, 5.41) is 0. The van der Waals surface area contributed by atoms with Gasteiger partial charge in [-0.15, -0.1) is 13.2 Å². The SMILES string of the molecule is Cc1cc(F)c(C#Cc2ccc(C#Cc3ccc(C)c(OC(F)(F)F)c3)cc2)c(F)c1. The fourth-order valence-electron chi connectivity index (χ4n) is 2.65. The van der Waals surface area contributed by atoms with Crippen LogP contribution < -0.4 is 4.74 Å². The molecule has 1 nitrogen and oxygen atoms in total. The molecule has 0 saturated heterocycles. The Morgan fingerprint density at radius 2 is 1.16 bits per heavy atom. The van der Waals surface area contributed by atoms with Gasteiger partial charge in [0.25, 0.3) is 0 Å². The van der Waals surface area contributed by atoms with Crippen LogP contribution in [0.3, 0.4) is 0 Å². The van der Waals surface area contributed by atoms with E-state index in [2.05, 4.69) is 28.4 Å². The summed E-state index contributed by atoms with van der Waals surface area (Å²) in [4.78, 5) is 0. The number of alkyl halides is 3. The monoisotopic (exact) mass is 426 g/mol. The lowest BCUT2D eigenvalue weighted by Gasteiger charge is -2.11. The normalized spacial score (nSPS) is 10.5. The van der Waals surface area contributed by atoms with Gasteiger partial charge in [-0.2, -0.15) is 0 Å². The van der Waals surface area contributed by atoms with Gasteiger partial charge in [0.1, 0.15) is 17.4 Å². The lowest BCUT2D eigenvalue weighted by atomic mass is 10.1. The van der Waals surface area contributed by atoms with E-state index in [4.69, 9.17) is 0 Å². The minimum Gasteiger partial charge on any atom is -0.405 e. The minimum absolute atomic E-state index is 0.300. The Bertz CT molecular complexity index is 1210. The molecule has 3 rings (SSSR count). The Kier molecular flexibility index (Phi) is 6.32. The second-order valence-corrected chi connectivity index (χ2v) is 6.71. The summed E-state index contributed by atoms with van der Waals surface area (Å²) in [7, 11) is 0. The quantitative estimate of drug-likeness (QED) is 0.329. The average molecular weight is 426 g/mol. The maximum Gasteiger partial charge on any atom is 0.573 e. The first-order valence-corrected chi connectivity index (χ1v) is 9.07. The molecular formula is C25H15F5O. The molecule has 0 heterocycles. The summed E-state index contributed by atoms with van der Waals surface area (Å²) < 4.78 is 69.1. The molecule has 0 aliphatic heterocycles. The van der Waals surface area contributed by atoms with E-state index in [9.17, 15) is 22.0 Å². The fraction of sp³-hybridized carbons (Fsp3) is 0.120. The van der Waals surface area contributed by atoms with Crippen molar-refractivity contribution >= 4 is 0 Å². The van der Waals surface area contributed by atoms with Crippen molar-refractivity contribution in [2.45, 2.75) is 20.2 Å². The summed E-state index contributed by atoms with van der Waals surface area (Å²) in [6, 6.07) is 13.3. The predicted octanol–water partition coefficient (Wildman–Crippen LogP) is 6.28. The highest BCUT2D eigenvalue weighted by atomic mass is 19.4. The molecule has 0 amide bonds. The number of aryl methyl sites for hydroxylation is 2. The van der Waals surface area contributed by atoms with Crippen molar-refractivity contribution in [3.63, 3.8) is 0 Å². The first-order chi connectivity index (χ1) is 14.6. The van der Waals surface area contributed by atoms with Crippen molar-refractivity contribution in [3.8, 4) is 29.4 Å². The van der Waals surface area contributed by atoms with Gasteiger partial charge in [-0.3, -0.25) is 0 Å². The van der Waals surface area contributed by atoms with E-state index < -0.39 is 18.0 Å². The van der Waals surface area contributed by atoms with Crippen LogP contribution in [0.5, 0.6) is 5.75 Å². The summed E-state index contributed by atoms with van der Waals surface area (Å²) in [6.07, 6.45) is -4.78. The molecule has 0 aliphatic carbocycles. The van der Waals surface area contributed by atoms with E-state index >= 15 is 0 Å². The van der Waals surface area contributed by atoms with Gasteiger partial charge >= 0.3 is 6.36 Å². The van der Waals surface area contributed by atoms with Crippen LogP contribution in [0, 0.1) is 49.2 Å². The maximum absolute atomic E-state index is 13.9. The first-order valence-electron chi connectivity index (χ1n) is 9.07. The molecule has 3 aromatic rings. The zero-order valence-corrected chi connectivity index (χ0v) is 16.5. The van der Waals surface area contributed by atoms with Gasteiger partial charge in [0.2, 0.25) is 0 Å². The van der Waals surface area contributed by atoms with Crippen LogP contribution in [0.15, 0.2) is 54.6 Å². The molecule has 6 heteroatoms. The van der Waals surface area contributed by atoms with Crippen LogP contribution in [-0.4, -0.2) is 6.36 Å². The van der Waals surface area contributed by atoms with Gasteiger partial charge in [0.15, 0.2) is 0 Å². The Morgan fingerprint density at radius 1 is 0.677 bits per heavy atom. The van der Waals surface area contributed by atoms with E-state index in [0.717, 1.165) is 0 Å². The third-order valence-electron chi connectivity index (χ3n) is 4.17. The van der Waals surface area contributed by atoms with Crippen molar-refractivity contribution < 1.29 is 26.7 Å². The molecule has 0 bridgehead atoms. The van der Waals surface area contributed by atoms with Crippen molar-refractivity contribution in [1.82, 2.24) is 0 Å². The number of halogens is 5. The molecule has 3 aromatic carbocycles. The highest BCUT2D eigenvalue weighted by molar-refractivity contribution is 5.50. The van der Waals surface area contributed by atoms with E-state index in [1.165, 1.54) is 31.2 Å². The Labute approximate surface area is 176 Å². The molecule has 0 unspecified atom stereocenters. The molecule has 0 saturated carbocycles. The second-order valence-electron chi connectivity index (χ2n) is 6.71. The predicted molar refractivity (Wildman–Crippen MR) is 107 cm³/mol. The van der Waals surface area contributed by atoms with Gasteiger partial charge in [-0.05, 0) is 73.5 Å². The Balaban J connectivity index is 1.78. The molecular weight excluding hydrogens is 411 g/mol. The highest BCUT2D eigenvalue weighted by Crippen LogP contribution is 2.26. The van der Waals surface area contributed by atoms with E-state index in [1.54, 1.807) is 37.3 Å². The molecule has 0 atom stereocenters. The van der Waals surface area contributed by atoms with Crippen molar-refractivity contribution in [2.75, 3.05) is 0 Å². The molecule has 0 aliphatic rings. The van der Waals surface area contributed by atoms with E-state index in [0.29, 0.717) is 27.8 Å². The third kappa shape index (κ3) is 6.10. The Morgan fingerprint density at radius 3 is 1.71 bits per heavy atom. The van der Waals surface area contributed by atoms with Gasteiger partial charge in [-0.1, -0.05) is 29.7 Å². The zero-order chi connectivity index (χ0) is 22.6. The standard InChI is InChI=1S/C25H15F5O/c1-16-13-22(26)21(23(27)14-16)12-11-19-7-5-18(6-8-19)9-10-20-4-3-17(2)24(15-20)31-25(28,29)30/h3-8,13-15H,1-2H3. The number of rotatable bonds is 1. The van der Waals surface area contributed by atoms with Gasteiger partial charge in [-0.25, -0.2) is 8.78 Å². The summed E-state index contributed by atoms with van der Waals surface area (Å²) in [5.74, 6) is 9.06. The largest absolute Gasteiger partial charge is 0.573 e. The molecule has 156 valence electrons. The lowest BCUT2D eigenvalue weighted by molar-refractivity contribution is -0.274. The summed E-state index contributed by atoms with van der Waals surface area (Å²) in [6.45, 7) is 3.09. The van der Waals surface area contributed by atoms with Crippen LogP contribution in [0.2, 0.25) is 0 Å². The molecule has 0 fully saturated rings. The second kappa shape index (κ2) is 8.93. The van der Waals surface area contributed by atoms with Crippen LogP contribution >= 0.6 is 0 Å². The number of hydrogen-bond acceptors (Lipinski definition) is 1. The minimum atomic E-state index is -4.78. The van der Waals surface area contributed by atoms with Crippen LogP contribution in [0.25, 0.3) is 0 Å². The number of hydrogen-bond donors (Lipinski definition) is 0. The molecule has 0 aromatic heterocycles. The molecule has 0 radical (unpaired) electrons. The number of benzene rings is 3. The Hall–Kier alpha value is -3.77. The number of ether oxygens (including phenoxy) is 1. The van der Waals surface area contributed by atoms with Gasteiger partial charge in [0, 0.05) is 16.7 Å². The van der Waals surface area contributed by atoms with Crippen LogP contribution in [0.1, 0.15) is 33.4 Å². The summed E-state index contributed by atoms with van der Waals surface area (Å²) in [5.41, 5.74) is 1.99. The lowest BCUT2D eigenvalue weighted by Crippen LogP contribution is -2.17. The molecule has 0 N–H and O–H groups in total. The average Bonchev–Trinajstić information content (AvgIpc) is 2.67. The maximum atomic E-state index is 13.9. The zero-order valence-electron chi connectivity index (χ0n) is 16.5. The van der Waals surface area contributed by atoms with Crippen molar-refractivity contribution in [1.29, 1.82) is 0 Å². The van der Waals surface area contributed by atoms with Crippen molar-refractivity contribution in [3.05, 3.63) is 99.6 Å². The smallest absolute Gasteiger partial charge is 0.405 e. The fourth-order valence-corrected chi connectivity index (χ4v) is 2.65. The third-order valence-corrected chi connectivity index (χ3v) is 4.17. The first kappa shape index (κ1) is 21.9. The van der Waals surface area contributed by atoms with E-state index in [-0.39, 0.29) is 11.3 Å². The van der Waals surface area contributed by atoms with Gasteiger partial charge in [0.05, 0.1) is 5.56 Å². The van der Waals surface area contributed by atoms with Crippen LogP contribution in [-0.2, 0) is 0 Å². The topological polar surface area (TPSA) is 9.23 Å². The van der Waals surface area contributed by atoms with E-state index in [1.807, 2.05) is 0 Å². The van der Waals surface area contributed by atoms with Crippen molar-refractivity contribution in [2.24, 2.45) is 0 Å². The van der Waals surface area contributed by atoms with Gasteiger partial charge < -0.3 is 4.74 Å². The molecule has 31 heavy (non-hydrogen) atoms. The summed E-state index contributed by atoms with van der Waals surface area (Å²) >= 11 is 0.